The summed E-state index contributed by atoms with van der Waals surface area (Å²) in [6, 6.07) is 7.44. The third-order valence-corrected chi connectivity index (χ3v) is 4.06. The smallest absolute Gasteiger partial charge is 0.232 e. The van der Waals surface area contributed by atoms with Gasteiger partial charge in [-0.25, -0.2) is 0 Å². The number of rotatable bonds is 0. The number of carbonyl (C=O) groups is 1. The Hall–Kier alpha value is -2.02. The van der Waals surface area contributed by atoms with Crippen LogP contribution in [0, 0.1) is 16.7 Å². The summed E-state index contributed by atoms with van der Waals surface area (Å²) in [5.41, 5.74) is 1.98. The highest BCUT2D eigenvalue weighted by molar-refractivity contribution is 6.00. The van der Waals surface area contributed by atoms with E-state index < -0.39 is 0 Å². The van der Waals surface area contributed by atoms with E-state index in [1.165, 1.54) is 0 Å². The second kappa shape index (κ2) is 4.02. The Morgan fingerprint density at radius 1 is 1.22 bits per heavy atom. The normalized spacial score (nSPS) is 20.5. The van der Waals surface area contributed by atoms with Crippen LogP contribution in [0.1, 0.15) is 31.2 Å². The Kier molecular flexibility index (Phi) is 2.48. The van der Waals surface area contributed by atoms with Crippen molar-refractivity contribution in [1.29, 1.82) is 5.26 Å². The molecular weight excluding hydrogens is 226 g/mol. The second-order valence-corrected chi connectivity index (χ2v) is 5.17. The molecule has 1 amide bonds. The average molecular weight is 241 g/mol. The number of anilines is 2. The number of nitrogens with zero attached hydrogens (tertiary/aromatic N) is 1. The van der Waals surface area contributed by atoms with Crippen LogP contribution in [0.15, 0.2) is 18.2 Å². The molecule has 3 rings (SSSR count). The maximum Gasteiger partial charge on any atom is 0.232 e. The first kappa shape index (κ1) is 11.1. The molecule has 0 atom stereocenters. The highest BCUT2D eigenvalue weighted by Gasteiger charge is 2.42. The molecule has 92 valence electrons. The molecule has 1 heterocycles. The van der Waals surface area contributed by atoms with Gasteiger partial charge < -0.3 is 10.6 Å². The third-order valence-electron chi connectivity index (χ3n) is 4.06. The van der Waals surface area contributed by atoms with Crippen LogP contribution in [0.3, 0.4) is 0 Å². The van der Waals surface area contributed by atoms with Gasteiger partial charge in [0, 0.05) is 6.54 Å². The molecule has 1 fully saturated rings. The lowest BCUT2D eigenvalue weighted by molar-refractivity contribution is -0.124. The van der Waals surface area contributed by atoms with Crippen molar-refractivity contribution in [2.75, 3.05) is 17.2 Å². The van der Waals surface area contributed by atoms with E-state index in [-0.39, 0.29) is 11.3 Å². The molecule has 0 bridgehead atoms. The van der Waals surface area contributed by atoms with Crippen LogP contribution in [-0.4, -0.2) is 12.5 Å². The van der Waals surface area contributed by atoms with Gasteiger partial charge >= 0.3 is 0 Å². The fraction of sp³-hybridized carbons (Fsp3) is 0.429. The van der Waals surface area contributed by atoms with Crippen LogP contribution >= 0.6 is 0 Å². The molecule has 4 nitrogen and oxygen atoms in total. The Labute approximate surface area is 106 Å². The molecule has 0 unspecified atom stereocenters. The molecule has 2 aliphatic rings. The van der Waals surface area contributed by atoms with Crippen LogP contribution in [0.2, 0.25) is 0 Å². The number of carbonyl (C=O) groups excluding carboxylic acids is 1. The van der Waals surface area contributed by atoms with Gasteiger partial charge in [0.25, 0.3) is 0 Å². The molecule has 1 aliphatic heterocycles. The maximum atomic E-state index is 12.3. The summed E-state index contributed by atoms with van der Waals surface area (Å²) in [7, 11) is 0. The van der Waals surface area contributed by atoms with Gasteiger partial charge in [0.1, 0.15) is 0 Å². The van der Waals surface area contributed by atoms with Crippen molar-refractivity contribution in [2.45, 2.75) is 25.7 Å². The average Bonchev–Trinajstić information content (AvgIpc) is 2.82. The fourth-order valence-electron chi connectivity index (χ4n) is 2.92. The van der Waals surface area contributed by atoms with E-state index in [0.717, 1.165) is 37.1 Å². The SMILES string of the molecule is N#Cc1ccc2c(c1)NCC1(CCCC1)C(=O)N2. The number of nitrogens with one attached hydrogen (secondary N) is 2. The van der Waals surface area contributed by atoms with Crippen LogP contribution in [-0.2, 0) is 4.79 Å². The minimum Gasteiger partial charge on any atom is -0.382 e. The summed E-state index contributed by atoms with van der Waals surface area (Å²) in [6.07, 6.45) is 4.14. The summed E-state index contributed by atoms with van der Waals surface area (Å²) in [6.45, 7) is 0.667. The van der Waals surface area contributed by atoms with Crippen LogP contribution in [0.5, 0.6) is 0 Å². The van der Waals surface area contributed by atoms with Crippen molar-refractivity contribution in [3.63, 3.8) is 0 Å². The molecule has 1 aromatic carbocycles. The van der Waals surface area contributed by atoms with Crippen molar-refractivity contribution in [3.8, 4) is 6.07 Å². The Balaban J connectivity index is 1.96. The number of fused-ring (bicyclic) bond motifs is 1. The van der Waals surface area contributed by atoms with Crippen LogP contribution in [0.25, 0.3) is 0 Å². The Bertz CT molecular complexity index is 538. The minimum atomic E-state index is -0.258. The highest BCUT2D eigenvalue weighted by Crippen LogP contribution is 2.42. The fourth-order valence-corrected chi connectivity index (χ4v) is 2.92. The van der Waals surface area contributed by atoms with Gasteiger partial charge in [-0.05, 0) is 31.0 Å². The number of nitriles is 1. The van der Waals surface area contributed by atoms with E-state index in [0.29, 0.717) is 12.1 Å². The maximum absolute atomic E-state index is 12.3. The molecule has 0 radical (unpaired) electrons. The Morgan fingerprint density at radius 2 is 2.00 bits per heavy atom. The first-order valence-electron chi connectivity index (χ1n) is 6.33. The standard InChI is InChI=1S/C14H15N3O/c15-8-10-3-4-11-12(7-10)16-9-14(13(18)17-11)5-1-2-6-14/h3-4,7,16H,1-2,5-6,9H2,(H,17,18). The lowest BCUT2D eigenvalue weighted by Crippen LogP contribution is -2.37. The molecule has 0 aromatic heterocycles. The van der Waals surface area contributed by atoms with E-state index >= 15 is 0 Å². The highest BCUT2D eigenvalue weighted by atomic mass is 16.2. The molecular formula is C14H15N3O. The first-order valence-corrected chi connectivity index (χ1v) is 6.33. The van der Waals surface area contributed by atoms with Crippen LogP contribution in [0.4, 0.5) is 11.4 Å². The second-order valence-electron chi connectivity index (χ2n) is 5.17. The number of benzene rings is 1. The predicted octanol–water partition coefficient (Wildman–Crippen LogP) is 2.48. The predicted molar refractivity (Wildman–Crippen MR) is 69.2 cm³/mol. The Morgan fingerprint density at radius 3 is 2.72 bits per heavy atom. The minimum absolute atomic E-state index is 0.121. The van der Waals surface area contributed by atoms with Gasteiger partial charge in [0.15, 0.2) is 0 Å². The van der Waals surface area contributed by atoms with E-state index in [1.54, 1.807) is 18.2 Å². The van der Waals surface area contributed by atoms with E-state index in [4.69, 9.17) is 5.26 Å². The van der Waals surface area contributed by atoms with Gasteiger partial charge in [0.05, 0.1) is 28.4 Å². The van der Waals surface area contributed by atoms with Gasteiger partial charge in [-0.15, -0.1) is 0 Å². The van der Waals surface area contributed by atoms with Crippen molar-refractivity contribution >= 4 is 17.3 Å². The molecule has 1 spiro atoms. The van der Waals surface area contributed by atoms with Crippen molar-refractivity contribution in [2.24, 2.45) is 5.41 Å². The summed E-state index contributed by atoms with van der Waals surface area (Å²) < 4.78 is 0. The summed E-state index contributed by atoms with van der Waals surface area (Å²) >= 11 is 0. The zero-order valence-electron chi connectivity index (χ0n) is 10.1. The van der Waals surface area contributed by atoms with Gasteiger partial charge in [-0.1, -0.05) is 12.8 Å². The van der Waals surface area contributed by atoms with Gasteiger partial charge in [-0.3, -0.25) is 4.79 Å². The van der Waals surface area contributed by atoms with Crippen molar-refractivity contribution in [3.05, 3.63) is 23.8 Å². The van der Waals surface area contributed by atoms with E-state index in [2.05, 4.69) is 16.7 Å². The summed E-state index contributed by atoms with van der Waals surface area (Å²) in [5.74, 6) is 0.121. The summed E-state index contributed by atoms with van der Waals surface area (Å²) in [5, 5.41) is 15.2. The van der Waals surface area contributed by atoms with Crippen molar-refractivity contribution < 1.29 is 4.79 Å². The zero-order valence-corrected chi connectivity index (χ0v) is 10.1. The third kappa shape index (κ3) is 1.63. The molecule has 4 heteroatoms. The lowest BCUT2D eigenvalue weighted by atomic mass is 9.85. The summed E-state index contributed by atoms with van der Waals surface area (Å²) in [4.78, 5) is 12.3. The molecule has 1 aromatic rings. The van der Waals surface area contributed by atoms with E-state index in [9.17, 15) is 4.79 Å². The molecule has 1 saturated carbocycles. The first-order chi connectivity index (χ1) is 8.73. The number of hydrogen-bond donors (Lipinski definition) is 2. The monoisotopic (exact) mass is 241 g/mol. The van der Waals surface area contributed by atoms with E-state index in [1.807, 2.05) is 0 Å². The van der Waals surface area contributed by atoms with Gasteiger partial charge in [-0.2, -0.15) is 5.26 Å². The topological polar surface area (TPSA) is 64.9 Å². The largest absolute Gasteiger partial charge is 0.382 e. The molecule has 1 aliphatic carbocycles. The van der Waals surface area contributed by atoms with Gasteiger partial charge in [0.2, 0.25) is 5.91 Å². The quantitative estimate of drug-likeness (QED) is 0.733. The lowest BCUT2D eigenvalue weighted by Gasteiger charge is -2.24. The number of amides is 1. The number of hydrogen-bond acceptors (Lipinski definition) is 3. The molecule has 0 saturated heterocycles. The van der Waals surface area contributed by atoms with Crippen LogP contribution < -0.4 is 10.6 Å². The molecule has 2 N–H and O–H groups in total. The molecule has 18 heavy (non-hydrogen) atoms. The zero-order chi connectivity index (χ0) is 12.6. The van der Waals surface area contributed by atoms with Crippen molar-refractivity contribution in [1.82, 2.24) is 0 Å².